The van der Waals surface area contributed by atoms with Crippen LogP contribution >= 0.6 is 11.6 Å². The Hall–Kier alpha value is -0.174. The molecule has 1 heterocycles. The van der Waals surface area contributed by atoms with Crippen molar-refractivity contribution in [2.75, 3.05) is 5.73 Å². The predicted octanol–water partition coefficient (Wildman–Crippen LogP) is 0.536. The van der Waals surface area contributed by atoms with Gasteiger partial charge >= 0.3 is 51.4 Å². The number of aromatic nitrogens is 1. The standard InChI is InChI=1S/C12H10ClFN2O.C2H6.K/c1-6-2-3-7(8(14)4-6)10-5-9(15)11(13)12(17)16-10;1-2;/h2-5H,1H3,(H3,15,16,17);1-2H3;/q;;+1/p-1. The van der Waals surface area contributed by atoms with Crippen LogP contribution in [0.5, 0.6) is 5.88 Å². The second-order valence-corrected chi connectivity index (χ2v) is 4.08. The van der Waals surface area contributed by atoms with E-state index >= 15 is 0 Å². The van der Waals surface area contributed by atoms with E-state index in [1.807, 2.05) is 13.8 Å². The average Bonchev–Trinajstić information content (AvgIpc) is 2.38. The molecule has 0 unspecified atom stereocenters. The minimum absolute atomic E-state index is 0. The van der Waals surface area contributed by atoms with Gasteiger partial charge < -0.3 is 10.8 Å². The normalized spacial score (nSPS) is 9.25. The minimum atomic E-state index is -0.651. The summed E-state index contributed by atoms with van der Waals surface area (Å²) in [5, 5.41) is 11.2. The third kappa shape index (κ3) is 4.68. The smallest absolute Gasteiger partial charge is 0.858 e. The number of nitrogens with two attached hydrogens (primary N) is 1. The Morgan fingerprint density at radius 2 is 1.85 bits per heavy atom. The van der Waals surface area contributed by atoms with Gasteiger partial charge in [-0.3, -0.25) is 4.98 Å². The summed E-state index contributed by atoms with van der Waals surface area (Å²) >= 11 is 5.61. The summed E-state index contributed by atoms with van der Waals surface area (Å²) in [5.74, 6) is -1.10. The molecule has 0 amide bonds. The molecule has 6 heteroatoms. The van der Waals surface area contributed by atoms with Crippen LogP contribution in [0.15, 0.2) is 24.3 Å². The van der Waals surface area contributed by atoms with Crippen LogP contribution in [0.1, 0.15) is 19.4 Å². The van der Waals surface area contributed by atoms with Crippen LogP contribution in [-0.4, -0.2) is 4.98 Å². The first-order valence-corrected chi connectivity index (χ1v) is 6.26. The van der Waals surface area contributed by atoms with Crippen molar-refractivity contribution in [1.82, 2.24) is 4.98 Å². The van der Waals surface area contributed by atoms with Gasteiger partial charge in [0.2, 0.25) is 0 Å². The molecule has 102 valence electrons. The van der Waals surface area contributed by atoms with Crippen LogP contribution in [0, 0.1) is 12.7 Å². The van der Waals surface area contributed by atoms with Gasteiger partial charge in [-0.25, -0.2) is 4.39 Å². The summed E-state index contributed by atoms with van der Waals surface area (Å²) in [7, 11) is 0. The molecule has 2 rings (SSSR count). The Morgan fingerprint density at radius 3 is 2.35 bits per heavy atom. The molecule has 1 aromatic carbocycles. The molecular formula is C14H15ClFKN2O. The number of hydrogen-bond acceptors (Lipinski definition) is 3. The molecule has 0 spiro atoms. The van der Waals surface area contributed by atoms with Crippen LogP contribution < -0.4 is 62.2 Å². The molecule has 2 N–H and O–H groups in total. The molecule has 3 nitrogen and oxygen atoms in total. The molecule has 0 bridgehead atoms. The zero-order chi connectivity index (χ0) is 14.6. The minimum Gasteiger partial charge on any atom is -0.858 e. The molecule has 0 aliphatic carbocycles. The van der Waals surface area contributed by atoms with E-state index in [-0.39, 0.29) is 73.4 Å². The topological polar surface area (TPSA) is 62.0 Å². The molecule has 0 aliphatic heterocycles. The van der Waals surface area contributed by atoms with Gasteiger partial charge in [-0.05, 0) is 30.7 Å². The van der Waals surface area contributed by atoms with E-state index in [1.54, 1.807) is 19.1 Å². The maximum absolute atomic E-state index is 13.7. The first kappa shape index (κ1) is 19.8. The summed E-state index contributed by atoms with van der Waals surface area (Å²) in [6, 6.07) is 6.04. The number of nitrogen functional groups attached to an aromatic ring is 1. The van der Waals surface area contributed by atoms with E-state index in [0.717, 1.165) is 5.56 Å². The van der Waals surface area contributed by atoms with Crippen LogP contribution in [-0.2, 0) is 0 Å². The molecule has 0 radical (unpaired) electrons. The van der Waals surface area contributed by atoms with Crippen molar-refractivity contribution in [3.63, 3.8) is 0 Å². The van der Waals surface area contributed by atoms with E-state index < -0.39 is 11.7 Å². The van der Waals surface area contributed by atoms with E-state index in [1.165, 1.54) is 12.1 Å². The van der Waals surface area contributed by atoms with Crippen molar-refractivity contribution >= 4 is 17.3 Å². The van der Waals surface area contributed by atoms with Crippen molar-refractivity contribution in [1.29, 1.82) is 0 Å². The number of rotatable bonds is 1. The average molecular weight is 321 g/mol. The molecule has 0 saturated heterocycles. The van der Waals surface area contributed by atoms with Crippen molar-refractivity contribution in [2.45, 2.75) is 20.8 Å². The predicted molar refractivity (Wildman–Crippen MR) is 74.6 cm³/mol. The SMILES string of the molecule is CC.Cc1ccc(-c2cc(N)c(Cl)c([O-])n2)c(F)c1.[K+]. The fourth-order valence-corrected chi connectivity index (χ4v) is 1.59. The van der Waals surface area contributed by atoms with E-state index in [4.69, 9.17) is 17.3 Å². The maximum Gasteiger partial charge on any atom is 1.00 e. The second-order valence-electron chi connectivity index (χ2n) is 3.70. The molecule has 0 fully saturated rings. The summed E-state index contributed by atoms with van der Waals surface area (Å²) in [5.41, 5.74) is 6.85. The Balaban J connectivity index is 0.00000115. The molecular weight excluding hydrogens is 306 g/mol. The van der Waals surface area contributed by atoms with Gasteiger partial charge in [0.25, 0.3) is 0 Å². The van der Waals surface area contributed by atoms with Gasteiger partial charge in [0.05, 0.1) is 16.4 Å². The summed E-state index contributed by atoms with van der Waals surface area (Å²) in [4.78, 5) is 3.69. The number of aryl methyl sites for hydroxylation is 1. The number of nitrogens with zero attached hydrogens (tertiary/aromatic N) is 1. The van der Waals surface area contributed by atoms with Gasteiger partial charge in [0.15, 0.2) is 0 Å². The maximum atomic E-state index is 13.7. The Bertz CT molecular complexity index is 570. The fraction of sp³-hybridized carbons (Fsp3) is 0.214. The van der Waals surface area contributed by atoms with Crippen molar-refractivity contribution in [3.05, 3.63) is 40.7 Å². The van der Waals surface area contributed by atoms with Gasteiger partial charge in [-0.2, -0.15) is 0 Å². The van der Waals surface area contributed by atoms with E-state index in [0.29, 0.717) is 0 Å². The van der Waals surface area contributed by atoms with E-state index in [2.05, 4.69) is 4.98 Å². The quantitative estimate of drug-likeness (QED) is 0.780. The number of benzene rings is 1. The zero-order valence-electron chi connectivity index (χ0n) is 12.0. The Morgan fingerprint density at radius 1 is 1.25 bits per heavy atom. The van der Waals surface area contributed by atoms with Gasteiger partial charge in [0.1, 0.15) is 5.82 Å². The second kappa shape index (κ2) is 8.97. The zero-order valence-corrected chi connectivity index (χ0v) is 15.9. The summed E-state index contributed by atoms with van der Waals surface area (Å²) in [6.45, 7) is 5.77. The summed E-state index contributed by atoms with van der Waals surface area (Å²) < 4.78 is 13.7. The molecule has 2 aromatic rings. The van der Waals surface area contributed by atoms with Gasteiger partial charge in [0, 0.05) is 11.4 Å². The van der Waals surface area contributed by atoms with Crippen LogP contribution in [0.2, 0.25) is 5.02 Å². The van der Waals surface area contributed by atoms with Gasteiger partial charge in [-0.15, -0.1) is 0 Å². The van der Waals surface area contributed by atoms with Crippen LogP contribution in [0.4, 0.5) is 10.1 Å². The molecule has 0 atom stereocenters. The van der Waals surface area contributed by atoms with Crippen LogP contribution in [0.25, 0.3) is 11.3 Å². The van der Waals surface area contributed by atoms with Crippen molar-refractivity contribution < 1.29 is 60.9 Å². The summed E-state index contributed by atoms with van der Waals surface area (Å²) in [6.07, 6.45) is 0. The number of pyridine rings is 1. The molecule has 20 heavy (non-hydrogen) atoms. The largest absolute Gasteiger partial charge is 1.00 e. The Labute approximate surface area is 165 Å². The fourth-order valence-electron chi connectivity index (χ4n) is 1.49. The third-order valence-corrected chi connectivity index (χ3v) is 2.74. The van der Waals surface area contributed by atoms with Gasteiger partial charge in [-0.1, -0.05) is 31.5 Å². The molecule has 0 aliphatic rings. The van der Waals surface area contributed by atoms with E-state index in [9.17, 15) is 9.50 Å². The first-order chi connectivity index (χ1) is 8.99. The van der Waals surface area contributed by atoms with Crippen LogP contribution in [0.3, 0.4) is 0 Å². The third-order valence-electron chi connectivity index (χ3n) is 2.36. The Kier molecular flexibility index (Phi) is 8.89. The first-order valence-electron chi connectivity index (χ1n) is 5.88. The number of halogens is 2. The number of anilines is 1. The monoisotopic (exact) mass is 320 g/mol. The molecule has 1 aromatic heterocycles. The number of hydrogen-bond donors (Lipinski definition) is 1. The molecule has 0 saturated carbocycles. The van der Waals surface area contributed by atoms with Crippen molar-refractivity contribution in [3.8, 4) is 17.1 Å². The van der Waals surface area contributed by atoms with Crippen molar-refractivity contribution in [2.24, 2.45) is 0 Å².